The van der Waals surface area contributed by atoms with E-state index in [1.807, 2.05) is 11.3 Å². The Labute approximate surface area is 186 Å². The number of hydrogen-bond donors (Lipinski definition) is 0. The lowest BCUT2D eigenvalue weighted by atomic mass is 9.49. The van der Waals surface area contributed by atoms with E-state index in [4.69, 9.17) is 14.7 Å². The molecular weight excluding hydrogens is 412 g/mol. The summed E-state index contributed by atoms with van der Waals surface area (Å²) in [4.78, 5) is 25.1. The highest BCUT2D eigenvalue weighted by Gasteiger charge is 2.53. The molecule has 0 aliphatic heterocycles. The normalized spacial score (nSPS) is 34.3. The van der Waals surface area contributed by atoms with E-state index in [-0.39, 0.29) is 11.4 Å². The number of nitrogens with zero attached hydrogens (tertiary/aromatic N) is 2. The minimum absolute atomic E-state index is 0.180. The second-order valence-electron chi connectivity index (χ2n) is 10.4. The second kappa shape index (κ2) is 7.19. The van der Waals surface area contributed by atoms with Gasteiger partial charge in [-0.15, -0.1) is 11.3 Å². The monoisotopic (exact) mass is 442 g/mol. The molecule has 4 fully saturated rings. The lowest BCUT2D eigenvalue weighted by Gasteiger charge is -2.56. The van der Waals surface area contributed by atoms with E-state index in [1.54, 1.807) is 11.8 Å². The maximum Gasteiger partial charge on any atom is 0.316 e. The van der Waals surface area contributed by atoms with Crippen LogP contribution in [0.25, 0.3) is 10.2 Å². The predicted molar refractivity (Wildman–Crippen MR) is 121 cm³/mol. The molecule has 0 amide bonds. The number of aryl methyl sites for hydroxylation is 1. The van der Waals surface area contributed by atoms with Crippen LogP contribution >= 0.6 is 23.1 Å². The van der Waals surface area contributed by atoms with Gasteiger partial charge in [0.15, 0.2) is 0 Å². The molecule has 1 unspecified atom stereocenters. The molecule has 4 saturated carbocycles. The van der Waals surface area contributed by atoms with Crippen molar-refractivity contribution in [3.63, 3.8) is 0 Å². The minimum atomic E-state index is -0.180. The van der Waals surface area contributed by atoms with Gasteiger partial charge in [0.25, 0.3) is 0 Å². The molecule has 6 heteroatoms. The highest BCUT2D eigenvalue weighted by molar-refractivity contribution is 8.00. The minimum Gasteiger partial charge on any atom is -0.468 e. The molecule has 4 nitrogen and oxygen atoms in total. The molecule has 0 saturated heterocycles. The standard InChI is InChI=1S/C24H30N2O2S2/c1-13-3-4-17-18(5-13)30-22-20(17)21(29-12-19(27)28-2)25-23(26-22)24-9-14-6-15(10-24)8-16(7-14)11-24/h13-16H,3-12H2,1-2H3. The van der Waals surface area contributed by atoms with Gasteiger partial charge in [-0.1, -0.05) is 18.7 Å². The molecule has 0 aromatic carbocycles. The van der Waals surface area contributed by atoms with Crippen molar-refractivity contribution in [3.8, 4) is 0 Å². The Kier molecular flexibility index (Phi) is 4.68. The third-order valence-electron chi connectivity index (χ3n) is 8.19. The summed E-state index contributed by atoms with van der Waals surface area (Å²) in [6.07, 6.45) is 11.6. The van der Waals surface area contributed by atoms with Crippen molar-refractivity contribution in [2.24, 2.45) is 23.7 Å². The molecule has 2 aromatic rings. The Bertz CT molecular complexity index is 979. The van der Waals surface area contributed by atoms with Crippen molar-refractivity contribution < 1.29 is 9.53 Å². The van der Waals surface area contributed by atoms with Crippen molar-refractivity contribution in [2.75, 3.05) is 12.9 Å². The Balaban J connectivity index is 1.46. The summed E-state index contributed by atoms with van der Waals surface area (Å²) >= 11 is 3.46. The number of rotatable bonds is 4. The van der Waals surface area contributed by atoms with Crippen molar-refractivity contribution >= 4 is 39.3 Å². The van der Waals surface area contributed by atoms with Gasteiger partial charge in [0.2, 0.25) is 0 Å². The average molecular weight is 443 g/mol. The van der Waals surface area contributed by atoms with Crippen molar-refractivity contribution in [3.05, 3.63) is 16.3 Å². The molecule has 160 valence electrons. The van der Waals surface area contributed by atoms with Crippen LogP contribution < -0.4 is 0 Å². The summed E-state index contributed by atoms with van der Waals surface area (Å²) in [7, 11) is 1.47. The lowest BCUT2D eigenvalue weighted by molar-refractivity contribution is -0.137. The number of thiophene rings is 1. The predicted octanol–water partition coefficient (Wildman–Crippen LogP) is 5.55. The van der Waals surface area contributed by atoms with E-state index in [0.717, 1.165) is 47.4 Å². The third-order valence-corrected chi connectivity index (χ3v) is 10.3. The smallest absolute Gasteiger partial charge is 0.316 e. The SMILES string of the molecule is COC(=O)CSc1nc(C23CC4CC(CC(C4)C2)C3)nc2sc3c(c12)CCC(C)C3. The number of hydrogen-bond acceptors (Lipinski definition) is 6. The summed E-state index contributed by atoms with van der Waals surface area (Å²) in [6.45, 7) is 2.35. The van der Waals surface area contributed by atoms with E-state index in [0.29, 0.717) is 5.75 Å². The first-order valence-electron chi connectivity index (χ1n) is 11.6. The fourth-order valence-electron chi connectivity index (χ4n) is 7.22. The van der Waals surface area contributed by atoms with E-state index in [1.165, 1.54) is 72.7 Å². The first kappa shape index (κ1) is 19.5. The fraction of sp³-hybridized carbons (Fsp3) is 0.708. The quantitative estimate of drug-likeness (QED) is 0.353. The molecule has 5 aliphatic rings. The van der Waals surface area contributed by atoms with Crippen LogP contribution in [-0.4, -0.2) is 28.8 Å². The van der Waals surface area contributed by atoms with E-state index in [9.17, 15) is 4.79 Å². The summed E-state index contributed by atoms with van der Waals surface area (Å²) in [6, 6.07) is 0. The number of ether oxygens (including phenoxy) is 1. The second-order valence-corrected chi connectivity index (χ2v) is 12.5. The van der Waals surface area contributed by atoms with Crippen LogP contribution in [0.2, 0.25) is 0 Å². The maximum atomic E-state index is 11.9. The van der Waals surface area contributed by atoms with Gasteiger partial charge in [-0.2, -0.15) is 0 Å². The van der Waals surface area contributed by atoms with Gasteiger partial charge >= 0.3 is 5.97 Å². The highest BCUT2D eigenvalue weighted by Crippen LogP contribution is 2.60. The van der Waals surface area contributed by atoms with E-state index < -0.39 is 0 Å². The molecule has 2 heterocycles. The van der Waals surface area contributed by atoms with Crippen LogP contribution in [0.5, 0.6) is 0 Å². The molecule has 5 aliphatic carbocycles. The summed E-state index contributed by atoms with van der Waals surface area (Å²) < 4.78 is 4.92. The first-order valence-corrected chi connectivity index (χ1v) is 13.4. The zero-order valence-electron chi connectivity index (χ0n) is 17.9. The van der Waals surface area contributed by atoms with Crippen LogP contribution in [-0.2, 0) is 27.8 Å². The largest absolute Gasteiger partial charge is 0.468 e. The van der Waals surface area contributed by atoms with Gasteiger partial charge in [0, 0.05) is 15.7 Å². The molecule has 2 aromatic heterocycles. The van der Waals surface area contributed by atoms with Crippen LogP contribution in [0.4, 0.5) is 0 Å². The van der Waals surface area contributed by atoms with Gasteiger partial charge in [0.05, 0.1) is 12.9 Å². The highest BCUT2D eigenvalue weighted by atomic mass is 32.2. The molecule has 30 heavy (non-hydrogen) atoms. The van der Waals surface area contributed by atoms with Gasteiger partial charge in [-0.3, -0.25) is 4.79 Å². The molecule has 1 atom stereocenters. The number of fused-ring (bicyclic) bond motifs is 3. The molecule has 4 bridgehead atoms. The average Bonchev–Trinajstić information content (AvgIpc) is 3.08. The Hall–Kier alpha value is -1.14. The number of carbonyl (C=O) groups is 1. The number of thioether (sulfide) groups is 1. The van der Waals surface area contributed by atoms with Gasteiger partial charge < -0.3 is 4.74 Å². The van der Waals surface area contributed by atoms with E-state index >= 15 is 0 Å². The summed E-state index contributed by atoms with van der Waals surface area (Å²) in [5.41, 5.74) is 1.64. The molecule has 0 radical (unpaired) electrons. The molecule has 0 spiro atoms. The summed E-state index contributed by atoms with van der Waals surface area (Å²) in [5, 5.41) is 2.27. The van der Waals surface area contributed by atoms with Crippen molar-refractivity contribution in [2.45, 2.75) is 75.2 Å². The Morgan fingerprint density at radius 2 is 1.87 bits per heavy atom. The van der Waals surface area contributed by atoms with Gasteiger partial charge in [-0.25, -0.2) is 9.97 Å². The maximum absolute atomic E-state index is 11.9. The van der Waals surface area contributed by atoms with Crippen LogP contribution in [0.3, 0.4) is 0 Å². The fourth-order valence-corrected chi connectivity index (χ4v) is 9.56. The van der Waals surface area contributed by atoms with Crippen molar-refractivity contribution in [1.29, 1.82) is 0 Å². The molecule has 7 rings (SSSR count). The Morgan fingerprint density at radius 3 is 2.53 bits per heavy atom. The third kappa shape index (κ3) is 3.12. The Morgan fingerprint density at radius 1 is 1.17 bits per heavy atom. The number of esters is 1. The zero-order chi connectivity index (χ0) is 20.5. The van der Waals surface area contributed by atoms with Crippen LogP contribution in [0, 0.1) is 23.7 Å². The number of aromatic nitrogens is 2. The lowest BCUT2D eigenvalue weighted by Crippen LogP contribution is -2.49. The topological polar surface area (TPSA) is 52.1 Å². The number of carbonyl (C=O) groups excluding carboxylic acids is 1. The number of methoxy groups -OCH3 is 1. The van der Waals surface area contributed by atoms with Crippen LogP contribution in [0.15, 0.2) is 5.03 Å². The van der Waals surface area contributed by atoms with Crippen molar-refractivity contribution in [1.82, 2.24) is 9.97 Å². The van der Waals surface area contributed by atoms with Crippen LogP contribution in [0.1, 0.15) is 68.1 Å². The van der Waals surface area contributed by atoms with Gasteiger partial charge in [-0.05, 0) is 87.0 Å². The molecule has 0 N–H and O–H groups in total. The van der Waals surface area contributed by atoms with Gasteiger partial charge in [0.1, 0.15) is 15.7 Å². The summed E-state index contributed by atoms with van der Waals surface area (Å²) in [5.74, 6) is 4.60. The zero-order valence-corrected chi connectivity index (χ0v) is 19.5. The molecular formula is C24H30N2O2S2. The van der Waals surface area contributed by atoms with E-state index in [2.05, 4.69) is 6.92 Å². The first-order chi connectivity index (χ1) is 14.5.